The molecule has 2 rings (SSSR count). The molecule has 0 spiro atoms. The molecule has 0 aliphatic heterocycles. The highest BCUT2D eigenvalue weighted by Crippen LogP contribution is 2.43. The Morgan fingerprint density at radius 3 is 1.76 bits per heavy atom. The van der Waals surface area contributed by atoms with Crippen molar-refractivity contribution in [3.63, 3.8) is 0 Å². The summed E-state index contributed by atoms with van der Waals surface area (Å²) in [7, 11) is 0. The third-order valence-electron chi connectivity index (χ3n) is 8.07. The van der Waals surface area contributed by atoms with Crippen LogP contribution in [0.5, 0.6) is 11.5 Å². The highest BCUT2D eigenvalue weighted by atomic mass is 16.5. The van der Waals surface area contributed by atoms with Gasteiger partial charge in [-0.05, 0) is 74.0 Å². The molecule has 2 aromatic carbocycles. The van der Waals surface area contributed by atoms with E-state index >= 15 is 0 Å². The Labute approximate surface area is 234 Å². The lowest BCUT2D eigenvalue weighted by molar-refractivity contribution is 0.311. The maximum atomic E-state index is 10.1. The normalized spacial score (nSPS) is 11.7. The molecule has 3 heteroatoms. The molecule has 2 N–H and O–H groups in total. The number of unbranched alkanes of at least 4 members (excludes halogenated alkanes) is 9. The highest BCUT2D eigenvalue weighted by molar-refractivity contribution is 5.48. The van der Waals surface area contributed by atoms with Crippen molar-refractivity contribution >= 4 is 0 Å². The molecule has 0 aromatic heterocycles. The van der Waals surface area contributed by atoms with E-state index < -0.39 is 0 Å². The van der Waals surface area contributed by atoms with E-state index in [-0.39, 0.29) is 5.41 Å². The zero-order chi connectivity index (χ0) is 27.6. The predicted molar refractivity (Wildman–Crippen MR) is 165 cm³/mol. The number of phenols is 1. The minimum Gasteiger partial charge on any atom is -0.508 e. The number of aromatic hydroxyl groups is 1. The van der Waals surface area contributed by atoms with Gasteiger partial charge in [-0.2, -0.15) is 0 Å². The van der Waals surface area contributed by atoms with Crippen molar-refractivity contribution in [2.75, 3.05) is 19.7 Å². The molecule has 214 valence electrons. The number of phenolic OH excluding ortho intramolecular Hbond substituents is 1. The second-order valence-electron chi connectivity index (χ2n) is 11.3. The summed E-state index contributed by atoms with van der Waals surface area (Å²) in [4.78, 5) is 0. The average molecular weight is 524 g/mol. The third-order valence-corrected chi connectivity index (χ3v) is 8.07. The summed E-state index contributed by atoms with van der Waals surface area (Å²) in [5.41, 5.74) is 4.77. The van der Waals surface area contributed by atoms with Gasteiger partial charge in [0.05, 0.1) is 0 Å². The summed E-state index contributed by atoms with van der Waals surface area (Å²) in [5, 5.41) is 13.7. The Morgan fingerprint density at radius 2 is 1.21 bits per heavy atom. The van der Waals surface area contributed by atoms with Crippen LogP contribution in [0.3, 0.4) is 0 Å². The molecule has 0 aliphatic carbocycles. The van der Waals surface area contributed by atoms with Gasteiger partial charge >= 0.3 is 0 Å². The monoisotopic (exact) mass is 523 g/mol. The lowest BCUT2D eigenvalue weighted by Crippen LogP contribution is -2.28. The first kappa shape index (κ1) is 32.2. The Morgan fingerprint density at radius 1 is 0.658 bits per heavy atom. The van der Waals surface area contributed by atoms with Gasteiger partial charge in [0.1, 0.15) is 18.1 Å². The van der Waals surface area contributed by atoms with Crippen LogP contribution in [0.25, 0.3) is 0 Å². The number of hydrogen-bond acceptors (Lipinski definition) is 3. The molecule has 0 bridgehead atoms. The summed E-state index contributed by atoms with van der Waals surface area (Å²) in [6, 6.07) is 12.9. The molecule has 2 aromatic rings. The van der Waals surface area contributed by atoms with E-state index in [4.69, 9.17) is 4.74 Å². The van der Waals surface area contributed by atoms with Crippen molar-refractivity contribution in [2.45, 2.75) is 130 Å². The smallest absolute Gasteiger partial charge is 0.122 e. The van der Waals surface area contributed by atoms with Gasteiger partial charge in [-0.25, -0.2) is 0 Å². The van der Waals surface area contributed by atoms with Crippen molar-refractivity contribution < 1.29 is 9.84 Å². The zero-order valence-corrected chi connectivity index (χ0v) is 25.3. The minimum atomic E-state index is -0.0398. The van der Waals surface area contributed by atoms with Gasteiger partial charge in [0, 0.05) is 12.0 Å². The fourth-order valence-electron chi connectivity index (χ4n) is 5.88. The third kappa shape index (κ3) is 10.3. The summed E-state index contributed by atoms with van der Waals surface area (Å²) >= 11 is 0. The van der Waals surface area contributed by atoms with Crippen LogP contribution >= 0.6 is 0 Å². The van der Waals surface area contributed by atoms with Crippen LogP contribution < -0.4 is 10.1 Å². The number of aryl methyl sites for hydroxylation is 2. The molecule has 0 aliphatic rings. The van der Waals surface area contributed by atoms with Crippen molar-refractivity contribution in [2.24, 2.45) is 0 Å². The molecule has 0 saturated heterocycles. The lowest BCUT2D eigenvalue weighted by Gasteiger charge is -2.36. The second kappa shape index (κ2) is 18.3. The topological polar surface area (TPSA) is 41.5 Å². The van der Waals surface area contributed by atoms with E-state index in [2.05, 4.69) is 63.3 Å². The standard InChI is InChI=1S/C35H57NO2/c1-6-9-10-11-12-13-14-15-16-17-24-36-25-26-38-34-21-19-32(28-30(34)5)35(22-7-2,23-8-3)31-18-20-33(37)29(4)27-31/h18-21,27-28,36-37H,6-17,22-26H2,1-5H3. The zero-order valence-electron chi connectivity index (χ0n) is 25.3. The van der Waals surface area contributed by atoms with E-state index in [1.54, 1.807) is 0 Å². The quantitative estimate of drug-likeness (QED) is 0.160. The Kier molecular flexibility index (Phi) is 15.5. The molecule has 0 unspecified atom stereocenters. The van der Waals surface area contributed by atoms with Crippen molar-refractivity contribution in [1.29, 1.82) is 0 Å². The summed E-state index contributed by atoms with van der Waals surface area (Å²) < 4.78 is 6.17. The Balaban J connectivity index is 1.81. The van der Waals surface area contributed by atoms with Crippen molar-refractivity contribution in [1.82, 2.24) is 5.32 Å². The van der Waals surface area contributed by atoms with Crippen LogP contribution in [0.15, 0.2) is 36.4 Å². The largest absolute Gasteiger partial charge is 0.508 e. The predicted octanol–water partition coefficient (Wildman–Crippen LogP) is 9.78. The van der Waals surface area contributed by atoms with E-state index in [1.165, 1.54) is 80.9 Å². The maximum Gasteiger partial charge on any atom is 0.122 e. The number of hydrogen-bond donors (Lipinski definition) is 2. The van der Waals surface area contributed by atoms with Crippen molar-refractivity contribution in [3.8, 4) is 11.5 Å². The molecule has 0 fully saturated rings. The number of nitrogens with one attached hydrogen (secondary N) is 1. The average Bonchev–Trinajstić information content (AvgIpc) is 2.91. The first-order chi connectivity index (χ1) is 18.5. The Hall–Kier alpha value is -2.00. The van der Waals surface area contributed by atoms with Crippen LogP contribution in [0.4, 0.5) is 0 Å². The minimum absolute atomic E-state index is 0.0398. The van der Waals surface area contributed by atoms with E-state index in [1.807, 2.05) is 13.0 Å². The van der Waals surface area contributed by atoms with E-state index in [9.17, 15) is 5.11 Å². The van der Waals surface area contributed by atoms with E-state index in [0.29, 0.717) is 12.4 Å². The van der Waals surface area contributed by atoms with Crippen LogP contribution in [0, 0.1) is 13.8 Å². The Bertz CT molecular complexity index is 901. The highest BCUT2D eigenvalue weighted by Gasteiger charge is 2.33. The number of benzene rings is 2. The van der Waals surface area contributed by atoms with Gasteiger partial charge in [0.15, 0.2) is 0 Å². The SMILES string of the molecule is CCCCCCCCCCCCNCCOc1ccc(C(CCC)(CCC)c2ccc(O)c(C)c2)cc1C. The molecule has 38 heavy (non-hydrogen) atoms. The first-order valence-electron chi connectivity index (χ1n) is 15.7. The summed E-state index contributed by atoms with van der Waals surface area (Å²) in [6.07, 6.45) is 18.2. The van der Waals surface area contributed by atoms with Crippen LogP contribution in [0.2, 0.25) is 0 Å². The van der Waals surface area contributed by atoms with Gasteiger partial charge in [0.2, 0.25) is 0 Å². The summed E-state index contributed by atoms with van der Waals surface area (Å²) in [6.45, 7) is 13.7. The van der Waals surface area contributed by atoms with Gasteiger partial charge in [-0.15, -0.1) is 0 Å². The van der Waals surface area contributed by atoms with Gasteiger partial charge in [-0.3, -0.25) is 0 Å². The number of ether oxygens (including phenoxy) is 1. The fourth-order valence-corrected chi connectivity index (χ4v) is 5.88. The molecule has 0 atom stereocenters. The molecule has 3 nitrogen and oxygen atoms in total. The molecule has 0 saturated carbocycles. The molecular formula is C35H57NO2. The molecule has 0 heterocycles. The molecule has 0 radical (unpaired) electrons. The summed E-state index contributed by atoms with van der Waals surface area (Å²) in [5.74, 6) is 1.36. The van der Waals surface area contributed by atoms with Crippen LogP contribution in [-0.2, 0) is 5.41 Å². The van der Waals surface area contributed by atoms with Crippen LogP contribution in [0.1, 0.15) is 133 Å². The van der Waals surface area contributed by atoms with Gasteiger partial charge < -0.3 is 15.2 Å². The van der Waals surface area contributed by atoms with Gasteiger partial charge in [-0.1, -0.05) is 116 Å². The molecule has 0 amide bonds. The van der Waals surface area contributed by atoms with E-state index in [0.717, 1.165) is 50.1 Å². The van der Waals surface area contributed by atoms with Gasteiger partial charge in [0.25, 0.3) is 0 Å². The number of rotatable bonds is 21. The fraction of sp³-hybridized carbons (Fsp3) is 0.657. The van der Waals surface area contributed by atoms with Crippen molar-refractivity contribution in [3.05, 3.63) is 58.7 Å². The lowest BCUT2D eigenvalue weighted by atomic mass is 9.68. The molecular weight excluding hydrogens is 466 g/mol. The second-order valence-corrected chi connectivity index (χ2v) is 11.3. The van der Waals surface area contributed by atoms with Crippen LogP contribution in [-0.4, -0.2) is 24.8 Å². The first-order valence-corrected chi connectivity index (χ1v) is 15.7. The maximum absolute atomic E-state index is 10.1.